The second-order valence-electron chi connectivity index (χ2n) is 11.3. The molecule has 0 amide bonds. The average Bonchev–Trinajstić information content (AvgIpc) is 3.51. The fourth-order valence-corrected chi connectivity index (χ4v) is 6.52. The zero-order valence-corrected chi connectivity index (χ0v) is 23.0. The molecule has 7 aromatic rings. The van der Waals surface area contributed by atoms with Crippen LogP contribution < -0.4 is 4.90 Å². The molecule has 0 bridgehead atoms. The molecule has 0 unspecified atom stereocenters. The molecular formula is C38H28N2O. The van der Waals surface area contributed by atoms with Gasteiger partial charge in [0.25, 0.3) is 0 Å². The molecule has 5 aromatic carbocycles. The third-order valence-electron chi connectivity index (χ3n) is 8.57. The molecule has 0 fully saturated rings. The molecule has 2 aromatic heterocycles. The van der Waals surface area contributed by atoms with E-state index in [4.69, 9.17) is 4.42 Å². The van der Waals surface area contributed by atoms with Crippen LogP contribution in [0.25, 0.3) is 44.2 Å². The number of anilines is 3. The topological polar surface area (TPSA) is 29.3 Å². The van der Waals surface area contributed by atoms with Crippen LogP contribution in [-0.2, 0) is 5.41 Å². The van der Waals surface area contributed by atoms with E-state index in [1.807, 2.05) is 24.5 Å². The van der Waals surface area contributed by atoms with Crippen LogP contribution in [0.15, 0.2) is 138 Å². The molecule has 0 saturated carbocycles. The van der Waals surface area contributed by atoms with Crippen molar-refractivity contribution in [1.29, 1.82) is 0 Å². The number of rotatable bonds is 4. The van der Waals surface area contributed by atoms with Gasteiger partial charge in [-0.1, -0.05) is 105 Å². The predicted octanol–water partition coefficient (Wildman–Crippen LogP) is 10.4. The number of para-hydroxylation sites is 1. The SMILES string of the molecule is CC1(C)c2ccccc2-c2ccc(N(c3ccc(-c4ccccc4)cc3)c3cncc4oc5ccccc5c34)cc21. The third-order valence-corrected chi connectivity index (χ3v) is 8.57. The molecule has 196 valence electrons. The highest BCUT2D eigenvalue weighted by Gasteiger charge is 2.35. The van der Waals surface area contributed by atoms with Gasteiger partial charge in [0, 0.05) is 22.2 Å². The molecule has 1 aliphatic rings. The smallest absolute Gasteiger partial charge is 0.155 e. The molecule has 0 spiro atoms. The third kappa shape index (κ3) is 3.63. The van der Waals surface area contributed by atoms with E-state index in [2.05, 4.69) is 133 Å². The number of aromatic nitrogens is 1. The van der Waals surface area contributed by atoms with Gasteiger partial charge in [0.1, 0.15) is 5.58 Å². The van der Waals surface area contributed by atoms with E-state index in [0.717, 1.165) is 39.0 Å². The molecule has 0 aliphatic heterocycles. The van der Waals surface area contributed by atoms with E-state index in [0.29, 0.717) is 0 Å². The average molecular weight is 529 g/mol. The lowest BCUT2D eigenvalue weighted by Crippen LogP contribution is -2.16. The lowest BCUT2D eigenvalue weighted by Gasteiger charge is -2.28. The number of pyridine rings is 1. The van der Waals surface area contributed by atoms with Crippen molar-refractivity contribution in [1.82, 2.24) is 4.98 Å². The number of benzene rings is 5. The van der Waals surface area contributed by atoms with Gasteiger partial charge in [-0.2, -0.15) is 0 Å². The fraction of sp³-hybridized carbons (Fsp3) is 0.0789. The first kappa shape index (κ1) is 23.7. The van der Waals surface area contributed by atoms with Crippen molar-refractivity contribution in [2.24, 2.45) is 0 Å². The molecule has 0 atom stereocenters. The maximum Gasteiger partial charge on any atom is 0.155 e. The maximum atomic E-state index is 6.25. The van der Waals surface area contributed by atoms with Crippen molar-refractivity contribution in [3.05, 3.63) is 145 Å². The standard InChI is InChI=1S/C38H28N2O/c1-38(2)32-14-8-6-12-29(32)30-21-20-28(22-33(30)38)40(27-18-16-26(17-19-27)25-10-4-3-5-11-25)34-23-39-24-36-37(34)31-13-7-9-15-35(31)41-36/h3-24H,1-2H3. The van der Waals surface area contributed by atoms with E-state index in [1.54, 1.807) is 0 Å². The summed E-state index contributed by atoms with van der Waals surface area (Å²) in [4.78, 5) is 6.97. The molecule has 0 radical (unpaired) electrons. The minimum atomic E-state index is -0.0998. The Labute approximate surface area is 239 Å². The fourth-order valence-electron chi connectivity index (χ4n) is 6.52. The van der Waals surface area contributed by atoms with E-state index in [9.17, 15) is 0 Å². The highest BCUT2D eigenvalue weighted by atomic mass is 16.3. The monoisotopic (exact) mass is 528 g/mol. The summed E-state index contributed by atoms with van der Waals surface area (Å²) >= 11 is 0. The summed E-state index contributed by atoms with van der Waals surface area (Å²) in [7, 11) is 0. The maximum absolute atomic E-state index is 6.25. The molecule has 1 aliphatic carbocycles. The first-order chi connectivity index (χ1) is 20.1. The Balaban J connectivity index is 1.36. The van der Waals surface area contributed by atoms with Crippen LogP contribution in [-0.4, -0.2) is 4.98 Å². The number of hydrogen-bond donors (Lipinski definition) is 0. The first-order valence-electron chi connectivity index (χ1n) is 14.0. The Morgan fingerprint density at radius 1 is 0.585 bits per heavy atom. The van der Waals surface area contributed by atoms with Gasteiger partial charge in [0.05, 0.1) is 23.5 Å². The Morgan fingerprint density at radius 3 is 2.12 bits per heavy atom. The van der Waals surface area contributed by atoms with Crippen LogP contribution in [0.2, 0.25) is 0 Å². The Kier molecular flexibility index (Phi) is 5.17. The Bertz CT molecular complexity index is 2070. The second-order valence-corrected chi connectivity index (χ2v) is 11.3. The van der Waals surface area contributed by atoms with Crippen LogP contribution in [0, 0.1) is 0 Å². The zero-order valence-electron chi connectivity index (χ0n) is 23.0. The summed E-state index contributed by atoms with van der Waals surface area (Å²) in [5.74, 6) is 0. The van der Waals surface area contributed by atoms with Crippen LogP contribution in [0.1, 0.15) is 25.0 Å². The number of furan rings is 1. The Hall–Kier alpha value is -5.15. The molecule has 3 nitrogen and oxygen atoms in total. The molecule has 0 saturated heterocycles. The van der Waals surface area contributed by atoms with Gasteiger partial charge in [-0.15, -0.1) is 0 Å². The molecule has 0 N–H and O–H groups in total. The van der Waals surface area contributed by atoms with Crippen LogP contribution >= 0.6 is 0 Å². The quantitative estimate of drug-likeness (QED) is 0.228. The lowest BCUT2D eigenvalue weighted by molar-refractivity contribution is 0.660. The minimum absolute atomic E-state index is 0.0998. The number of hydrogen-bond acceptors (Lipinski definition) is 3. The van der Waals surface area contributed by atoms with Crippen LogP contribution in [0.4, 0.5) is 17.1 Å². The highest BCUT2D eigenvalue weighted by Crippen LogP contribution is 2.51. The molecule has 8 rings (SSSR count). The first-order valence-corrected chi connectivity index (χ1v) is 14.0. The van der Waals surface area contributed by atoms with Crippen LogP contribution in [0.3, 0.4) is 0 Å². The highest BCUT2D eigenvalue weighted by molar-refractivity contribution is 6.13. The minimum Gasteiger partial charge on any atom is -0.454 e. The largest absolute Gasteiger partial charge is 0.454 e. The van der Waals surface area contributed by atoms with Crippen molar-refractivity contribution in [3.8, 4) is 22.3 Å². The van der Waals surface area contributed by atoms with Crippen molar-refractivity contribution < 1.29 is 4.42 Å². The van der Waals surface area contributed by atoms with E-state index >= 15 is 0 Å². The number of fused-ring (bicyclic) bond motifs is 6. The van der Waals surface area contributed by atoms with Crippen molar-refractivity contribution in [2.45, 2.75) is 19.3 Å². The van der Waals surface area contributed by atoms with Gasteiger partial charge in [-0.05, 0) is 63.7 Å². The molecule has 3 heteroatoms. The lowest BCUT2D eigenvalue weighted by atomic mass is 9.82. The predicted molar refractivity (Wildman–Crippen MR) is 169 cm³/mol. The summed E-state index contributed by atoms with van der Waals surface area (Å²) in [5.41, 5.74) is 12.4. The molecular weight excluding hydrogens is 500 g/mol. The van der Waals surface area contributed by atoms with Gasteiger partial charge in [0.15, 0.2) is 5.58 Å². The van der Waals surface area contributed by atoms with Crippen molar-refractivity contribution >= 4 is 39.0 Å². The summed E-state index contributed by atoms with van der Waals surface area (Å²) < 4.78 is 6.25. The van der Waals surface area contributed by atoms with Crippen molar-refractivity contribution in [3.63, 3.8) is 0 Å². The zero-order chi connectivity index (χ0) is 27.6. The van der Waals surface area contributed by atoms with Crippen LogP contribution in [0.5, 0.6) is 0 Å². The summed E-state index contributed by atoms with van der Waals surface area (Å²) in [6, 6.07) is 43.2. The molecule has 41 heavy (non-hydrogen) atoms. The summed E-state index contributed by atoms with van der Waals surface area (Å²) in [6.07, 6.45) is 3.78. The van der Waals surface area contributed by atoms with E-state index in [1.165, 1.54) is 33.4 Å². The van der Waals surface area contributed by atoms with E-state index in [-0.39, 0.29) is 5.41 Å². The second kappa shape index (κ2) is 8.94. The van der Waals surface area contributed by atoms with Gasteiger partial charge in [-0.25, -0.2) is 0 Å². The summed E-state index contributed by atoms with van der Waals surface area (Å²) in [6.45, 7) is 4.65. The number of nitrogens with zero attached hydrogens (tertiary/aromatic N) is 2. The van der Waals surface area contributed by atoms with Gasteiger partial charge in [-0.3, -0.25) is 4.98 Å². The van der Waals surface area contributed by atoms with Gasteiger partial charge < -0.3 is 9.32 Å². The van der Waals surface area contributed by atoms with Gasteiger partial charge >= 0.3 is 0 Å². The Morgan fingerprint density at radius 2 is 1.27 bits per heavy atom. The molecule has 2 heterocycles. The normalized spacial score (nSPS) is 13.3. The van der Waals surface area contributed by atoms with Gasteiger partial charge in [0.2, 0.25) is 0 Å². The summed E-state index contributed by atoms with van der Waals surface area (Å²) in [5, 5.41) is 2.14. The van der Waals surface area contributed by atoms with Crippen molar-refractivity contribution in [2.75, 3.05) is 4.90 Å². The van der Waals surface area contributed by atoms with E-state index < -0.39 is 0 Å².